The fourth-order valence-electron chi connectivity index (χ4n) is 1.40. The second-order valence-electron chi connectivity index (χ2n) is 3.78. The van der Waals surface area contributed by atoms with Gasteiger partial charge in [-0.05, 0) is 34.5 Å². The van der Waals surface area contributed by atoms with Gasteiger partial charge in [0.25, 0.3) is 5.91 Å². The number of anilines is 1. The maximum absolute atomic E-state index is 11.9. The highest BCUT2D eigenvalue weighted by molar-refractivity contribution is 9.10. The minimum Gasteiger partial charge on any atom is -0.320 e. The summed E-state index contributed by atoms with van der Waals surface area (Å²) in [6.45, 7) is 3.37. The molecular formula is C11H11BrClN3O. The van der Waals surface area contributed by atoms with Gasteiger partial charge in [-0.25, -0.2) is 4.98 Å². The highest BCUT2D eigenvalue weighted by atomic mass is 79.9. The summed E-state index contributed by atoms with van der Waals surface area (Å²) in [5.41, 5.74) is 2.37. The van der Waals surface area contributed by atoms with Crippen LogP contribution in [0, 0.1) is 0 Å². The lowest BCUT2D eigenvalue weighted by Crippen LogP contribution is -2.36. The molecule has 6 heteroatoms. The number of pyridine rings is 1. The average molecular weight is 317 g/mol. The Hall–Kier alpha value is -0.910. The quantitative estimate of drug-likeness (QED) is 0.650. The predicted molar refractivity (Wildman–Crippen MR) is 71.1 cm³/mol. The number of amides is 1. The second kappa shape index (κ2) is 5.16. The van der Waals surface area contributed by atoms with Gasteiger partial charge in [-0.15, -0.1) is 0 Å². The van der Waals surface area contributed by atoms with E-state index in [0.717, 1.165) is 28.7 Å². The molecule has 1 aromatic rings. The lowest BCUT2D eigenvalue weighted by Gasteiger charge is -2.21. The third-order valence-electron chi connectivity index (χ3n) is 2.60. The van der Waals surface area contributed by atoms with Crippen LogP contribution in [0.3, 0.4) is 0 Å². The molecular weight excluding hydrogens is 305 g/mol. The molecule has 0 radical (unpaired) electrons. The van der Waals surface area contributed by atoms with Crippen LogP contribution in [0.25, 0.3) is 0 Å². The number of nitrogens with zero attached hydrogens (tertiary/aromatic N) is 1. The summed E-state index contributed by atoms with van der Waals surface area (Å²) >= 11 is 9.18. The molecule has 4 nitrogen and oxygen atoms in total. The zero-order chi connectivity index (χ0) is 12.4. The van der Waals surface area contributed by atoms with Gasteiger partial charge in [0.2, 0.25) is 0 Å². The van der Waals surface area contributed by atoms with E-state index in [1.165, 1.54) is 0 Å². The maximum Gasteiger partial charge on any atom is 0.251 e. The van der Waals surface area contributed by atoms with Gasteiger partial charge in [0.1, 0.15) is 0 Å². The molecule has 1 saturated heterocycles. The average Bonchev–Trinajstić information content (AvgIpc) is 2.21. The van der Waals surface area contributed by atoms with Crippen LogP contribution in [-0.4, -0.2) is 24.0 Å². The molecule has 0 atom stereocenters. The van der Waals surface area contributed by atoms with Crippen LogP contribution in [0.4, 0.5) is 5.69 Å². The van der Waals surface area contributed by atoms with Crippen molar-refractivity contribution < 1.29 is 4.79 Å². The van der Waals surface area contributed by atoms with E-state index in [1.807, 2.05) is 6.92 Å². The van der Waals surface area contributed by atoms with Gasteiger partial charge >= 0.3 is 0 Å². The Balaban J connectivity index is 2.15. The van der Waals surface area contributed by atoms with Crippen molar-refractivity contribution in [3.63, 3.8) is 0 Å². The minimum absolute atomic E-state index is 0.136. The van der Waals surface area contributed by atoms with E-state index in [4.69, 9.17) is 11.6 Å². The monoisotopic (exact) mass is 315 g/mol. The van der Waals surface area contributed by atoms with Crippen molar-refractivity contribution in [3.8, 4) is 0 Å². The number of rotatable bonds is 2. The molecule has 0 spiro atoms. The smallest absolute Gasteiger partial charge is 0.251 e. The van der Waals surface area contributed by atoms with Gasteiger partial charge in [-0.2, -0.15) is 0 Å². The van der Waals surface area contributed by atoms with Crippen LogP contribution in [0.2, 0.25) is 5.15 Å². The van der Waals surface area contributed by atoms with Crippen molar-refractivity contribution in [2.75, 3.05) is 18.4 Å². The summed E-state index contributed by atoms with van der Waals surface area (Å²) < 4.78 is 0.771. The summed E-state index contributed by atoms with van der Waals surface area (Å²) in [6, 6.07) is 1.73. The summed E-state index contributed by atoms with van der Waals surface area (Å²) in [4.78, 5) is 15.9. The first-order chi connectivity index (χ1) is 8.08. The van der Waals surface area contributed by atoms with Crippen LogP contribution in [-0.2, 0) is 4.79 Å². The van der Waals surface area contributed by atoms with E-state index in [0.29, 0.717) is 5.69 Å². The molecule has 2 N–H and O–H groups in total. The lowest BCUT2D eigenvalue weighted by molar-refractivity contribution is -0.112. The van der Waals surface area contributed by atoms with Crippen molar-refractivity contribution in [2.24, 2.45) is 0 Å². The zero-order valence-electron chi connectivity index (χ0n) is 9.18. The third-order valence-corrected chi connectivity index (χ3v) is 3.34. The molecule has 0 aliphatic carbocycles. The number of nitrogens with one attached hydrogen (secondary N) is 2. The van der Waals surface area contributed by atoms with E-state index in [2.05, 4.69) is 31.5 Å². The second-order valence-corrected chi connectivity index (χ2v) is 5.05. The van der Waals surface area contributed by atoms with Crippen LogP contribution < -0.4 is 10.6 Å². The Bertz CT molecular complexity index is 495. The molecule has 1 aromatic heterocycles. The Morgan fingerprint density at radius 2 is 2.29 bits per heavy atom. The first-order valence-electron chi connectivity index (χ1n) is 5.09. The highest BCUT2D eigenvalue weighted by Gasteiger charge is 2.17. The molecule has 0 unspecified atom stereocenters. The van der Waals surface area contributed by atoms with Crippen LogP contribution in [0.15, 0.2) is 27.9 Å². The van der Waals surface area contributed by atoms with Crippen LogP contribution >= 0.6 is 27.5 Å². The van der Waals surface area contributed by atoms with E-state index in [9.17, 15) is 4.79 Å². The molecule has 1 aliphatic heterocycles. The van der Waals surface area contributed by atoms with Crippen LogP contribution in [0.1, 0.15) is 6.92 Å². The molecule has 1 fully saturated rings. The number of halogens is 2. The molecule has 90 valence electrons. The van der Waals surface area contributed by atoms with Gasteiger partial charge < -0.3 is 10.6 Å². The molecule has 0 bridgehead atoms. The summed E-state index contributed by atoms with van der Waals surface area (Å²) in [5.74, 6) is -0.136. The van der Waals surface area contributed by atoms with Gasteiger partial charge in [-0.3, -0.25) is 4.79 Å². The van der Waals surface area contributed by atoms with Crippen molar-refractivity contribution in [1.29, 1.82) is 0 Å². The number of hydrogen-bond acceptors (Lipinski definition) is 3. The van der Waals surface area contributed by atoms with E-state index >= 15 is 0 Å². The molecule has 1 aliphatic rings. The first-order valence-corrected chi connectivity index (χ1v) is 6.27. The Kier molecular flexibility index (Phi) is 3.81. The van der Waals surface area contributed by atoms with Gasteiger partial charge in [0.05, 0.1) is 5.69 Å². The lowest BCUT2D eigenvalue weighted by atomic mass is 10.0. The van der Waals surface area contributed by atoms with Gasteiger partial charge in [0.15, 0.2) is 5.15 Å². The fourth-order valence-corrected chi connectivity index (χ4v) is 1.88. The molecule has 0 aromatic carbocycles. The Morgan fingerprint density at radius 3 is 2.88 bits per heavy atom. The fraction of sp³-hybridized carbons (Fsp3) is 0.273. The SMILES string of the molecule is CC(C(=O)Nc1cc(Br)cnc1Cl)=C1CNC1. The van der Waals surface area contributed by atoms with E-state index < -0.39 is 0 Å². The normalized spacial score (nSPS) is 14.2. The number of carbonyl (C=O) groups excluding carboxylic acids is 1. The third kappa shape index (κ3) is 2.86. The Morgan fingerprint density at radius 1 is 1.59 bits per heavy atom. The number of aromatic nitrogens is 1. The maximum atomic E-state index is 11.9. The van der Waals surface area contributed by atoms with Gasteiger partial charge in [-0.1, -0.05) is 11.6 Å². The standard InChI is InChI=1S/C11H11BrClN3O/c1-6(7-3-14-4-7)11(17)16-9-2-8(12)5-15-10(9)13/h2,5,14H,3-4H2,1H3,(H,16,17). The summed E-state index contributed by atoms with van der Waals surface area (Å²) in [5, 5.41) is 6.13. The van der Waals surface area contributed by atoms with Crippen molar-refractivity contribution in [2.45, 2.75) is 6.92 Å². The van der Waals surface area contributed by atoms with Crippen molar-refractivity contribution in [1.82, 2.24) is 10.3 Å². The number of carbonyl (C=O) groups is 1. The van der Waals surface area contributed by atoms with Crippen molar-refractivity contribution >= 4 is 39.1 Å². The summed E-state index contributed by atoms with van der Waals surface area (Å²) in [7, 11) is 0. The van der Waals surface area contributed by atoms with Crippen molar-refractivity contribution in [3.05, 3.63) is 33.0 Å². The van der Waals surface area contributed by atoms with E-state index in [-0.39, 0.29) is 11.1 Å². The zero-order valence-corrected chi connectivity index (χ0v) is 11.5. The molecule has 1 amide bonds. The number of hydrogen-bond donors (Lipinski definition) is 2. The minimum atomic E-state index is -0.136. The Labute approximate surface area is 113 Å². The topological polar surface area (TPSA) is 54.0 Å². The molecule has 2 rings (SSSR count). The summed E-state index contributed by atoms with van der Waals surface area (Å²) in [6.07, 6.45) is 1.58. The van der Waals surface area contributed by atoms with Gasteiger partial charge in [0, 0.05) is 29.3 Å². The molecule has 0 saturated carbocycles. The predicted octanol–water partition coefficient (Wildman–Crippen LogP) is 2.36. The molecule has 17 heavy (non-hydrogen) atoms. The van der Waals surface area contributed by atoms with E-state index in [1.54, 1.807) is 12.3 Å². The molecule has 2 heterocycles. The highest BCUT2D eigenvalue weighted by Crippen LogP contribution is 2.23. The largest absolute Gasteiger partial charge is 0.320 e. The first kappa shape index (κ1) is 12.5. The van der Waals surface area contributed by atoms with Crippen LogP contribution in [0.5, 0.6) is 0 Å².